The van der Waals surface area contributed by atoms with Gasteiger partial charge >= 0.3 is 0 Å². The molecule has 0 aromatic carbocycles. The molecule has 2 saturated heterocycles. The van der Waals surface area contributed by atoms with Crippen molar-refractivity contribution in [3.63, 3.8) is 0 Å². The largest absolute Gasteiger partial charge is 0.354 e. The second-order valence-corrected chi connectivity index (χ2v) is 7.10. The average molecular weight is 279 g/mol. The molecule has 3 fully saturated rings. The monoisotopic (exact) mass is 279 g/mol. The van der Waals surface area contributed by atoms with E-state index in [0.717, 1.165) is 25.6 Å². The van der Waals surface area contributed by atoms with Crippen LogP contribution in [-0.2, 0) is 4.79 Å². The lowest BCUT2D eigenvalue weighted by molar-refractivity contribution is -0.124. The highest BCUT2D eigenvalue weighted by molar-refractivity contribution is 5.82. The molecule has 2 N–H and O–H groups in total. The standard InChI is InChI=1S/C16H29N3O/c1-12(11-19-7-2-3-8-19)9-18-16(20)15-14-6-4-5-13(14)10-17-15/h12-15,17H,2-11H2,1H3,(H,18,20). The molecular weight excluding hydrogens is 250 g/mol. The predicted molar refractivity (Wildman–Crippen MR) is 80.5 cm³/mol. The second-order valence-electron chi connectivity index (χ2n) is 7.10. The molecule has 1 saturated carbocycles. The molecule has 3 aliphatic rings. The topological polar surface area (TPSA) is 44.4 Å². The van der Waals surface area contributed by atoms with Gasteiger partial charge in [0.1, 0.15) is 0 Å². The van der Waals surface area contributed by atoms with Gasteiger partial charge in [-0.3, -0.25) is 4.79 Å². The number of nitrogens with zero attached hydrogens (tertiary/aromatic N) is 1. The van der Waals surface area contributed by atoms with Gasteiger partial charge in [0.25, 0.3) is 0 Å². The fraction of sp³-hybridized carbons (Fsp3) is 0.938. The van der Waals surface area contributed by atoms with E-state index in [0.29, 0.717) is 11.8 Å². The van der Waals surface area contributed by atoms with Gasteiger partial charge in [-0.1, -0.05) is 13.3 Å². The number of fused-ring (bicyclic) bond motifs is 1. The summed E-state index contributed by atoms with van der Waals surface area (Å²) < 4.78 is 0. The van der Waals surface area contributed by atoms with Crippen LogP contribution in [0.2, 0.25) is 0 Å². The van der Waals surface area contributed by atoms with Crippen LogP contribution in [0.25, 0.3) is 0 Å². The fourth-order valence-electron chi connectivity index (χ4n) is 4.33. The molecule has 0 radical (unpaired) electrons. The van der Waals surface area contributed by atoms with Crippen LogP contribution >= 0.6 is 0 Å². The first-order chi connectivity index (χ1) is 9.74. The van der Waals surface area contributed by atoms with Crippen molar-refractivity contribution in [1.29, 1.82) is 0 Å². The van der Waals surface area contributed by atoms with E-state index in [1.54, 1.807) is 0 Å². The third-order valence-corrected chi connectivity index (χ3v) is 5.42. The molecule has 114 valence electrons. The molecule has 4 nitrogen and oxygen atoms in total. The van der Waals surface area contributed by atoms with Crippen LogP contribution in [0.1, 0.15) is 39.0 Å². The van der Waals surface area contributed by atoms with Crippen LogP contribution in [0, 0.1) is 17.8 Å². The van der Waals surface area contributed by atoms with E-state index < -0.39 is 0 Å². The minimum absolute atomic E-state index is 0.0847. The quantitative estimate of drug-likeness (QED) is 0.795. The van der Waals surface area contributed by atoms with Gasteiger partial charge in [-0.05, 0) is 63.1 Å². The number of nitrogens with one attached hydrogen (secondary N) is 2. The number of carbonyl (C=O) groups is 1. The first kappa shape index (κ1) is 14.3. The number of amides is 1. The van der Waals surface area contributed by atoms with E-state index in [1.807, 2.05) is 0 Å². The Morgan fingerprint density at radius 1 is 1.30 bits per heavy atom. The summed E-state index contributed by atoms with van der Waals surface area (Å²) in [5.41, 5.74) is 0. The molecular formula is C16H29N3O. The highest BCUT2D eigenvalue weighted by Gasteiger charge is 2.42. The average Bonchev–Trinajstić information content (AvgIpc) is 3.12. The number of hydrogen-bond donors (Lipinski definition) is 2. The number of hydrogen-bond acceptors (Lipinski definition) is 3. The van der Waals surface area contributed by atoms with E-state index >= 15 is 0 Å². The molecule has 4 unspecified atom stereocenters. The Labute approximate surface area is 122 Å². The number of carbonyl (C=O) groups excluding carboxylic acids is 1. The molecule has 20 heavy (non-hydrogen) atoms. The van der Waals surface area contributed by atoms with Crippen molar-refractivity contribution in [2.75, 3.05) is 32.7 Å². The zero-order chi connectivity index (χ0) is 13.9. The van der Waals surface area contributed by atoms with E-state index in [1.165, 1.54) is 45.2 Å². The van der Waals surface area contributed by atoms with Gasteiger partial charge in [0.2, 0.25) is 5.91 Å². The Kier molecular flexibility index (Phi) is 4.61. The van der Waals surface area contributed by atoms with Crippen molar-refractivity contribution in [2.45, 2.75) is 45.1 Å². The Balaban J connectivity index is 1.40. The highest BCUT2D eigenvalue weighted by Crippen LogP contribution is 2.37. The number of rotatable bonds is 5. The zero-order valence-corrected chi connectivity index (χ0v) is 12.7. The van der Waals surface area contributed by atoms with Crippen molar-refractivity contribution in [3.05, 3.63) is 0 Å². The smallest absolute Gasteiger partial charge is 0.237 e. The molecule has 4 atom stereocenters. The lowest BCUT2D eigenvalue weighted by atomic mass is 9.93. The van der Waals surface area contributed by atoms with Gasteiger partial charge in [-0.25, -0.2) is 0 Å². The lowest BCUT2D eigenvalue weighted by Gasteiger charge is -2.22. The minimum atomic E-state index is 0.0847. The first-order valence-electron chi connectivity index (χ1n) is 8.47. The maximum absolute atomic E-state index is 12.3. The summed E-state index contributed by atoms with van der Waals surface area (Å²) in [6.07, 6.45) is 6.54. The van der Waals surface area contributed by atoms with Gasteiger partial charge in [0.05, 0.1) is 6.04 Å². The summed E-state index contributed by atoms with van der Waals surface area (Å²) in [6, 6.07) is 0.0847. The van der Waals surface area contributed by atoms with Crippen molar-refractivity contribution >= 4 is 5.91 Å². The van der Waals surface area contributed by atoms with Crippen LogP contribution in [0.5, 0.6) is 0 Å². The SMILES string of the molecule is CC(CNC(=O)C1NCC2CCCC21)CN1CCCC1. The van der Waals surface area contributed by atoms with Gasteiger partial charge < -0.3 is 15.5 Å². The van der Waals surface area contributed by atoms with Crippen LogP contribution < -0.4 is 10.6 Å². The van der Waals surface area contributed by atoms with Crippen LogP contribution in [-0.4, -0.2) is 49.6 Å². The predicted octanol–water partition coefficient (Wildman–Crippen LogP) is 1.22. The molecule has 0 aromatic heterocycles. The lowest BCUT2D eigenvalue weighted by Crippen LogP contribution is -2.45. The fourth-order valence-corrected chi connectivity index (χ4v) is 4.33. The van der Waals surface area contributed by atoms with Crippen LogP contribution in [0.4, 0.5) is 0 Å². The molecule has 0 spiro atoms. The summed E-state index contributed by atoms with van der Waals surface area (Å²) in [4.78, 5) is 14.9. The molecule has 2 aliphatic heterocycles. The Morgan fingerprint density at radius 3 is 2.90 bits per heavy atom. The maximum Gasteiger partial charge on any atom is 0.237 e. The summed E-state index contributed by atoms with van der Waals surface area (Å²) in [6.45, 7) is 7.74. The molecule has 3 rings (SSSR count). The molecule has 0 bridgehead atoms. The van der Waals surface area contributed by atoms with E-state index in [-0.39, 0.29) is 11.9 Å². The molecule has 2 heterocycles. The summed E-state index contributed by atoms with van der Waals surface area (Å²) in [5.74, 6) is 2.15. The molecule has 1 amide bonds. The van der Waals surface area contributed by atoms with Gasteiger partial charge in [0.15, 0.2) is 0 Å². The second kappa shape index (κ2) is 6.44. The minimum Gasteiger partial charge on any atom is -0.354 e. The van der Waals surface area contributed by atoms with Crippen LogP contribution in [0.15, 0.2) is 0 Å². The van der Waals surface area contributed by atoms with E-state index in [2.05, 4.69) is 22.5 Å². The Hall–Kier alpha value is -0.610. The number of likely N-dealkylation sites (tertiary alicyclic amines) is 1. The summed E-state index contributed by atoms with van der Waals surface area (Å²) in [5, 5.41) is 6.62. The zero-order valence-electron chi connectivity index (χ0n) is 12.7. The summed E-state index contributed by atoms with van der Waals surface area (Å²) >= 11 is 0. The molecule has 4 heteroatoms. The highest BCUT2D eigenvalue weighted by atomic mass is 16.2. The van der Waals surface area contributed by atoms with Crippen molar-refractivity contribution in [3.8, 4) is 0 Å². The Bertz CT molecular complexity index is 341. The normalized spacial score (nSPS) is 35.1. The molecule has 1 aliphatic carbocycles. The molecule has 0 aromatic rings. The summed E-state index contributed by atoms with van der Waals surface area (Å²) in [7, 11) is 0. The van der Waals surface area contributed by atoms with Gasteiger partial charge in [-0.15, -0.1) is 0 Å². The first-order valence-corrected chi connectivity index (χ1v) is 8.47. The van der Waals surface area contributed by atoms with Crippen molar-refractivity contribution in [2.24, 2.45) is 17.8 Å². The maximum atomic E-state index is 12.3. The van der Waals surface area contributed by atoms with Gasteiger partial charge in [-0.2, -0.15) is 0 Å². The van der Waals surface area contributed by atoms with Crippen molar-refractivity contribution < 1.29 is 4.79 Å². The third kappa shape index (κ3) is 3.17. The Morgan fingerprint density at radius 2 is 2.10 bits per heavy atom. The van der Waals surface area contributed by atoms with Crippen LogP contribution in [0.3, 0.4) is 0 Å². The van der Waals surface area contributed by atoms with Crippen molar-refractivity contribution in [1.82, 2.24) is 15.5 Å². The van der Waals surface area contributed by atoms with E-state index in [4.69, 9.17) is 0 Å². The third-order valence-electron chi connectivity index (χ3n) is 5.42. The van der Waals surface area contributed by atoms with E-state index in [9.17, 15) is 4.79 Å². The van der Waals surface area contributed by atoms with Gasteiger partial charge in [0, 0.05) is 13.1 Å².